The smallest absolute Gasteiger partial charge is 0.220 e. The normalized spacial score (nSPS) is 20.9. The fourth-order valence-corrected chi connectivity index (χ4v) is 1.85. The van der Waals surface area contributed by atoms with E-state index < -0.39 is 0 Å². The van der Waals surface area contributed by atoms with E-state index in [0.717, 1.165) is 32.5 Å². The molecule has 15 heavy (non-hydrogen) atoms. The first kappa shape index (κ1) is 12.2. The number of rotatable bonds is 6. The fourth-order valence-electron chi connectivity index (χ4n) is 1.85. The second-order valence-electron chi connectivity index (χ2n) is 4.20. The molecule has 2 N–H and O–H groups in total. The van der Waals surface area contributed by atoms with Crippen LogP contribution in [0.25, 0.3) is 0 Å². The molecule has 1 fully saturated rings. The van der Waals surface area contributed by atoms with Crippen LogP contribution in [-0.2, 0) is 4.79 Å². The molecular formula is C12H22N2O. The lowest BCUT2D eigenvalue weighted by Gasteiger charge is -2.22. The topological polar surface area (TPSA) is 41.1 Å². The number of piperidine rings is 1. The second-order valence-corrected chi connectivity index (χ2v) is 4.20. The molecule has 0 aromatic heterocycles. The van der Waals surface area contributed by atoms with E-state index in [1.165, 1.54) is 12.8 Å². The van der Waals surface area contributed by atoms with E-state index in [-0.39, 0.29) is 5.91 Å². The molecule has 1 heterocycles. The van der Waals surface area contributed by atoms with Crippen molar-refractivity contribution >= 4 is 5.91 Å². The van der Waals surface area contributed by atoms with Gasteiger partial charge in [-0.05, 0) is 44.7 Å². The van der Waals surface area contributed by atoms with E-state index in [2.05, 4.69) is 17.2 Å². The van der Waals surface area contributed by atoms with Crippen LogP contribution in [0.3, 0.4) is 0 Å². The van der Waals surface area contributed by atoms with Gasteiger partial charge in [0.05, 0.1) is 0 Å². The minimum absolute atomic E-state index is 0.183. The Morgan fingerprint density at radius 1 is 1.60 bits per heavy atom. The van der Waals surface area contributed by atoms with Gasteiger partial charge in [0.15, 0.2) is 0 Å². The zero-order valence-corrected chi connectivity index (χ0v) is 9.43. The minimum atomic E-state index is 0.183. The summed E-state index contributed by atoms with van der Waals surface area (Å²) in [6, 6.07) is 0. The van der Waals surface area contributed by atoms with Crippen LogP contribution < -0.4 is 10.6 Å². The molecule has 0 aromatic carbocycles. The predicted molar refractivity (Wildman–Crippen MR) is 62.7 cm³/mol. The number of hydrogen-bond acceptors (Lipinski definition) is 2. The molecule has 1 aliphatic heterocycles. The van der Waals surface area contributed by atoms with Gasteiger partial charge in [-0.1, -0.05) is 6.08 Å². The van der Waals surface area contributed by atoms with Crippen LogP contribution in [-0.4, -0.2) is 25.5 Å². The van der Waals surface area contributed by atoms with Crippen molar-refractivity contribution in [1.29, 1.82) is 0 Å². The molecule has 3 nitrogen and oxygen atoms in total. The molecule has 0 spiro atoms. The van der Waals surface area contributed by atoms with Gasteiger partial charge in [0.1, 0.15) is 0 Å². The number of amides is 1. The first-order chi connectivity index (χ1) is 7.33. The van der Waals surface area contributed by atoms with Gasteiger partial charge >= 0.3 is 0 Å². The number of nitrogens with one attached hydrogen (secondary N) is 2. The predicted octanol–water partition coefficient (Wildman–Crippen LogP) is 1.46. The maximum Gasteiger partial charge on any atom is 0.220 e. The first-order valence-electron chi connectivity index (χ1n) is 5.91. The van der Waals surface area contributed by atoms with Gasteiger partial charge in [0.25, 0.3) is 0 Å². The summed E-state index contributed by atoms with van der Waals surface area (Å²) in [4.78, 5) is 11.4. The molecule has 1 saturated heterocycles. The minimum Gasteiger partial charge on any atom is -0.356 e. The highest BCUT2D eigenvalue weighted by Crippen LogP contribution is 2.08. The summed E-state index contributed by atoms with van der Waals surface area (Å²) in [6.45, 7) is 6.65. The Hall–Kier alpha value is -0.830. The van der Waals surface area contributed by atoms with E-state index in [1.54, 1.807) is 0 Å². The number of allylic oxidation sites excluding steroid dienone is 1. The molecule has 86 valence electrons. The molecule has 0 aromatic rings. The second kappa shape index (κ2) is 7.46. The Morgan fingerprint density at radius 3 is 3.13 bits per heavy atom. The number of carbonyl (C=O) groups excluding carboxylic acids is 1. The van der Waals surface area contributed by atoms with E-state index in [0.29, 0.717) is 12.3 Å². The van der Waals surface area contributed by atoms with Crippen molar-refractivity contribution in [1.82, 2.24) is 10.6 Å². The van der Waals surface area contributed by atoms with Crippen LogP contribution in [0.4, 0.5) is 0 Å². The largest absolute Gasteiger partial charge is 0.356 e. The molecule has 1 amide bonds. The van der Waals surface area contributed by atoms with Crippen LogP contribution >= 0.6 is 0 Å². The summed E-state index contributed by atoms with van der Waals surface area (Å²) < 4.78 is 0. The zero-order valence-electron chi connectivity index (χ0n) is 9.43. The SMILES string of the molecule is C=CCCCC(=O)NCC1CCCNC1. The van der Waals surface area contributed by atoms with E-state index in [9.17, 15) is 4.79 Å². The summed E-state index contributed by atoms with van der Waals surface area (Å²) in [6.07, 6.45) is 6.80. The molecule has 1 atom stereocenters. The van der Waals surface area contributed by atoms with Crippen molar-refractivity contribution in [2.45, 2.75) is 32.1 Å². The molecule has 1 rings (SSSR count). The van der Waals surface area contributed by atoms with Gasteiger partial charge in [0, 0.05) is 13.0 Å². The standard InChI is InChI=1S/C12H22N2O/c1-2-3-4-7-12(15)14-10-11-6-5-8-13-9-11/h2,11,13H,1,3-10H2,(H,14,15). The summed E-state index contributed by atoms with van der Waals surface area (Å²) in [5.74, 6) is 0.810. The van der Waals surface area contributed by atoms with Crippen molar-refractivity contribution in [2.24, 2.45) is 5.92 Å². The van der Waals surface area contributed by atoms with E-state index in [1.807, 2.05) is 6.08 Å². The highest BCUT2D eigenvalue weighted by Gasteiger charge is 2.13. The summed E-state index contributed by atoms with van der Waals surface area (Å²) in [7, 11) is 0. The molecule has 1 aliphatic rings. The summed E-state index contributed by atoms with van der Waals surface area (Å²) >= 11 is 0. The monoisotopic (exact) mass is 210 g/mol. The quantitative estimate of drug-likeness (QED) is 0.515. The van der Waals surface area contributed by atoms with Crippen molar-refractivity contribution in [3.8, 4) is 0 Å². The Bertz CT molecular complexity index is 198. The molecule has 0 saturated carbocycles. The van der Waals surface area contributed by atoms with E-state index in [4.69, 9.17) is 0 Å². The van der Waals surface area contributed by atoms with E-state index >= 15 is 0 Å². The summed E-state index contributed by atoms with van der Waals surface area (Å²) in [5.41, 5.74) is 0. The van der Waals surface area contributed by atoms with Gasteiger partial charge in [0.2, 0.25) is 5.91 Å². The van der Waals surface area contributed by atoms with Gasteiger partial charge in [-0.15, -0.1) is 6.58 Å². The van der Waals surface area contributed by atoms with Crippen LogP contribution in [0.1, 0.15) is 32.1 Å². The number of carbonyl (C=O) groups is 1. The lowest BCUT2D eigenvalue weighted by atomic mass is 10.00. The van der Waals surface area contributed by atoms with Crippen LogP contribution in [0.2, 0.25) is 0 Å². The molecule has 3 heteroatoms. The van der Waals surface area contributed by atoms with Crippen LogP contribution in [0.15, 0.2) is 12.7 Å². The first-order valence-corrected chi connectivity index (χ1v) is 5.91. The third-order valence-corrected chi connectivity index (χ3v) is 2.80. The Labute approximate surface area is 92.3 Å². The Kier molecular flexibility index (Phi) is 6.09. The lowest BCUT2D eigenvalue weighted by Crippen LogP contribution is -2.38. The van der Waals surface area contributed by atoms with Crippen molar-refractivity contribution in [3.05, 3.63) is 12.7 Å². The zero-order chi connectivity index (χ0) is 10.9. The molecule has 0 radical (unpaired) electrons. The number of hydrogen-bond donors (Lipinski definition) is 2. The maximum atomic E-state index is 11.4. The maximum absolute atomic E-state index is 11.4. The average Bonchev–Trinajstić information content (AvgIpc) is 2.28. The molecule has 0 bridgehead atoms. The fraction of sp³-hybridized carbons (Fsp3) is 0.750. The third kappa shape index (κ3) is 5.57. The van der Waals surface area contributed by atoms with Gasteiger partial charge in [-0.3, -0.25) is 4.79 Å². The summed E-state index contributed by atoms with van der Waals surface area (Å²) in [5, 5.41) is 6.34. The van der Waals surface area contributed by atoms with Crippen LogP contribution in [0.5, 0.6) is 0 Å². The van der Waals surface area contributed by atoms with Crippen molar-refractivity contribution in [3.63, 3.8) is 0 Å². The Balaban J connectivity index is 2.02. The molecule has 0 aliphatic carbocycles. The van der Waals surface area contributed by atoms with Crippen molar-refractivity contribution in [2.75, 3.05) is 19.6 Å². The third-order valence-electron chi connectivity index (χ3n) is 2.80. The van der Waals surface area contributed by atoms with Crippen molar-refractivity contribution < 1.29 is 4.79 Å². The molecule has 1 unspecified atom stereocenters. The molecular weight excluding hydrogens is 188 g/mol. The van der Waals surface area contributed by atoms with Crippen LogP contribution in [0, 0.1) is 5.92 Å². The number of unbranched alkanes of at least 4 members (excludes halogenated alkanes) is 1. The highest BCUT2D eigenvalue weighted by molar-refractivity contribution is 5.75. The van der Waals surface area contributed by atoms with Gasteiger partial charge in [-0.2, -0.15) is 0 Å². The highest BCUT2D eigenvalue weighted by atomic mass is 16.1. The van der Waals surface area contributed by atoms with Gasteiger partial charge < -0.3 is 10.6 Å². The lowest BCUT2D eigenvalue weighted by molar-refractivity contribution is -0.121. The Morgan fingerprint density at radius 2 is 2.47 bits per heavy atom. The average molecular weight is 210 g/mol. The van der Waals surface area contributed by atoms with Gasteiger partial charge in [-0.25, -0.2) is 0 Å².